The highest BCUT2D eigenvalue weighted by Gasteiger charge is 2.30. The minimum absolute atomic E-state index is 0.132. The van der Waals surface area contributed by atoms with Gasteiger partial charge in [-0.15, -0.1) is 0 Å². The van der Waals surface area contributed by atoms with Crippen molar-refractivity contribution in [3.05, 3.63) is 10.6 Å². The van der Waals surface area contributed by atoms with E-state index in [-0.39, 0.29) is 11.5 Å². The molecule has 0 saturated heterocycles. The maximum Gasteiger partial charge on any atom is 0.358 e. The van der Waals surface area contributed by atoms with E-state index in [9.17, 15) is 9.59 Å². The summed E-state index contributed by atoms with van der Waals surface area (Å²) in [7, 11) is 3.22. The molecule has 1 fully saturated rings. The van der Waals surface area contributed by atoms with Crippen molar-refractivity contribution in [1.29, 1.82) is 0 Å². The summed E-state index contributed by atoms with van der Waals surface area (Å²) in [6.07, 6.45) is 2.28. The summed E-state index contributed by atoms with van der Waals surface area (Å²) in [4.78, 5) is 29.6. The number of Topliss-reactive ketones (excluding diaryl/α,β-unsaturated/α-hetero) is 1. The fourth-order valence-corrected chi connectivity index (χ4v) is 2.53. The molecule has 0 aliphatic heterocycles. The van der Waals surface area contributed by atoms with Gasteiger partial charge in [-0.1, -0.05) is 11.3 Å². The van der Waals surface area contributed by atoms with Crippen molar-refractivity contribution in [3.8, 4) is 0 Å². The number of methoxy groups -OCH3 is 1. The lowest BCUT2D eigenvalue weighted by atomic mass is 10.3. The number of rotatable bonds is 4. The molecule has 0 N–H and O–H groups in total. The normalized spacial score (nSPS) is 14.5. The summed E-state index contributed by atoms with van der Waals surface area (Å²) < 4.78 is 4.63. The molecule has 1 aliphatic carbocycles. The summed E-state index contributed by atoms with van der Waals surface area (Å²) in [5, 5.41) is 0.707. The Kier molecular flexibility index (Phi) is 3.15. The molecule has 0 amide bonds. The molecule has 0 aromatic carbocycles. The van der Waals surface area contributed by atoms with E-state index in [0.717, 1.165) is 12.8 Å². The van der Waals surface area contributed by atoms with E-state index in [2.05, 4.69) is 9.72 Å². The van der Waals surface area contributed by atoms with Crippen LogP contribution in [0.15, 0.2) is 0 Å². The van der Waals surface area contributed by atoms with Gasteiger partial charge in [0.05, 0.1) is 7.11 Å². The molecule has 0 bridgehead atoms. The summed E-state index contributed by atoms with van der Waals surface area (Å²) >= 11 is 1.25. The van der Waals surface area contributed by atoms with Crippen molar-refractivity contribution in [3.63, 3.8) is 0 Å². The number of thiazole rings is 1. The van der Waals surface area contributed by atoms with Crippen molar-refractivity contribution < 1.29 is 14.3 Å². The van der Waals surface area contributed by atoms with Crippen LogP contribution in [0.3, 0.4) is 0 Å². The third-order valence-corrected chi connectivity index (χ3v) is 3.96. The van der Waals surface area contributed by atoms with Crippen LogP contribution in [0.1, 0.15) is 39.9 Å². The van der Waals surface area contributed by atoms with Gasteiger partial charge in [-0.2, -0.15) is 0 Å². The van der Waals surface area contributed by atoms with Gasteiger partial charge in [0.25, 0.3) is 0 Å². The average Bonchev–Trinajstić information content (AvgIpc) is 3.05. The highest BCUT2D eigenvalue weighted by atomic mass is 32.1. The topological polar surface area (TPSA) is 59.5 Å². The van der Waals surface area contributed by atoms with E-state index in [0.29, 0.717) is 16.1 Å². The zero-order valence-electron chi connectivity index (χ0n) is 10.0. The molecule has 0 unspecified atom stereocenters. The Morgan fingerprint density at radius 3 is 2.59 bits per heavy atom. The Morgan fingerprint density at radius 2 is 2.12 bits per heavy atom. The summed E-state index contributed by atoms with van der Waals surface area (Å²) in [5.41, 5.74) is 0.132. The van der Waals surface area contributed by atoms with E-state index in [1.165, 1.54) is 25.4 Å². The standard InChI is InChI=1S/C11H14N2O3S/c1-6(14)9-8(10(15)16-3)12-11(17-9)13(2)7-4-5-7/h7H,4-5H2,1-3H3. The van der Waals surface area contributed by atoms with Crippen LogP contribution in [0, 0.1) is 0 Å². The van der Waals surface area contributed by atoms with Gasteiger partial charge in [-0.05, 0) is 12.8 Å². The number of anilines is 1. The van der Waals surface area contributed by atoms with E-state index in [4.69, 9.17) is 0 Å². The summed E-state index contributed by atoms with van der Waals surface area (Å²) in [6, 6.07) is 0.492. The Hall–Kier alpha value is -1.43. The third kappa shape index (κ3) is 2.31. The van der Waals surface area contributed by atoms with Crippen LogP contribution in [-0.2, 0) is 4.74 Å². The zero-order chi connectivity index (χ0) is 12.6. The smallest absolute Gasteiger partial charge is 0.358 e. The number of ketones is 1. The molecule has 0 spiro atoms. The van der Waals surface area contributed by atoms with Crippen LogP contribution < -0.4 is 4.90 Å². The van der Waals surface area contributed by atoms with E-state index < -0.39 is 5.97 Å². The van der Waals surface area contributed by atoms with Gasteiger partial charge in [0.2, 0.25) is 0 Å². The van der Waals surface area contributed by atoms with Crippen molar-refractivity contribution in [2.75, 3.05) is 19.1 Å². The molecule has 17 heavy (non-hydrogen) atoms. The zero-order valence-corrected chi connectivity index (χ0v) is 10.8. The summed E-state index contributed by atoms with van der Waals surface area (Å²) in [6.45, 7) is 1.43. The first kappa shape index (κ1) is 12.0. The third-order valence-electron chi connectivity index (χ3n) is 2.71. The van der Waals surface area contributed by atoms with Gasteiger partial charge >= 0.3 is 5.97 Å². The molecule has 0 radical (unpaired) electrons. The van der Waals surface area contributed by atoms with Crippen LogP contribution in [0.2, 0.25) is 0 Å². The Bertz CT molecular complexity index is 465. The molecule has 1 saturated carbocycles. The molecule has 1 aromatic heterocycles. The molecule has 2 rings (SSSR count). The number of esters is 1. The molecule has 1 aromatic rings. The van der Waals surface area contributed by atoms with Crippen LogP contribution in [-0.4, -0.2) is 36.9 Å². The second kappa shape index (κ2) is 4.44. The number of aromatic nitrogens is 1. The molecule has 1 aliphatic rings. The fourth-order valence-electron chi connectivity index (χ4n) is 1.55. The van der Waals surface area contributed by atoms with E-state index in [1.807, 2.05) is 11.9 Å². The number of nitrogens with zero attached hydrogens (tertiary/aromatic N) is 2. The second-order valence-electron chi connectivity index (χ2n) is 4.06. The van der Waals surface area contributed by atoms with Crippen LogP contribution in [0.4, 0.5) is 5.13 Å². The van der Waals surface area contributed by atoms with Crippen molar-refractivity contribution in [1.82, 2.24) is 4.98 Å². The number of ether oxygens (including phenoxy) is 1. The van der Waals surface area contributed by atoms with Crippen molar-refractivity contribution in [2.24, 2.45) is 0 Å². The maximum atomic E-state index is 11.5. The van der Waals surface area contributed by atoms with Gasteiger partial charge < -0.3 is 9.64 Å². The van der Waals surface area contributed by atoms with Gasteiger partial charge in [-0.3, -0.25) is 4.79 Å². The minimum Gasteiger partial charge on any atom is -0.464 e. The lowest BCUT2D eigenvalue weighted by molar-refractivity contribution is 0.0591. The van der Waals surface area contributed by atoms with Gasteiger partial charge in [0, 0.05) is 20.0 Å². The maximum absolute atomic E-state index is 11.5. The minimum atomic E-state index is -0.554. The molecule has 5 nitrogen and oxygen atoms in total. The quantitative estimate of drug-likeness (QED) is 0.605. The van der Waals surface area contributed by atoms with Crippen molar-refractivity contribution >= 4 is 28.2 Å². The predicted molar refractivity (Wildman–Crippen MR) is 64.9 cm³/mol. The van der Waals surface area contributed by atoms with Gasteiger partial charge in [0.1, 0.15) is 4.88 Å². The molecule has 6 heteroatoms. The lowest BCUT2D eigenvalue weighted by Crippen LogP contribution is -2.19. The van der Waals surface area contributed by atoms with E-state index >= 15 is 0 Å². The second-order valence-corrected chi connectivity index (χ2v) is 5.04. The van der Waals surface area contributed by atoms with Crippen LogP contribution in [0.25, 0.3) is 0 Å². The van der Waals surface area contributed by atoms with Crippen LogP contribution in [0.5, 0.6) is 0 Å². The molecule has 0 atom stereocenters. The van der Waals surface area contributed by atoms with Crippen LogP contribution >= 0.6 is 11.3 Å². The highest BCUT2D eigenvalue weighted by Crippen LogP contribution is 2.34. The largest absolute Gasteiger partial charge is 0.464 e. The van der Waals surface area contributed by atoms with Gasteiger partial charge in [-0.25, -0.2) is 9.78 Å². The monoisotopic (exact) mass is 254 g/mol. The summed E-state index contributed by atoms with van der Waals surface area (Å²) in [5.74, 6) is -0.708. The Balaban J connectivity index is 2.36. The number of hydrogen-bond acceptors (Lipinski definition) is 6. The molecule has 92 valence electrons. The highest BCUT2D eigenvalue weighted by molar-refractivity contribution is 7.17. The fraction of sp³-hybridized carbons (Fsp3) is 0.545. The van der Waals surface area contributed by atoms with Gasteiger partial charge in [0.15, 0.2) is 16.6 Å². The SMILES string of the molecule is COC(=O)c1nc(N(C)C2CC2)sc1C(C)=O. The molecule has 1 heterocycles. The molecular weight excluding hydrogens is 240 g/mol. The lowest BCUT2D eigenvalue weighted by Gasteiger charge is -2.13. The Morgan fingerprint density at radius 1 is 1.47 bits per heavy atom. The number of carbonyl (C=O) groups excluding carboxylic acids is 2. The Labute approximate surface area is 103 Å². The first-order chi connectivity index (χ1) is 8.04. The predicted octanol–water partition coefficient (Wildman–Crippen LogP) is 1.73. The first-order valence-electron chi connectivity index (χ1n) is 5.37. The first-order valence-corrected chi connectivity index (χ1v) is 6.19. The number of carbonyl (C=O) groups is 2. The molecular formula is C11H14N2O3S. The van der Waals surface area contributed by atoms with Crippen molar-refractivity contribution in [2.45, 2.75) is 25.8 Å². The van der Waals surface area contributed by atoms with E-state index in [1.54, 1.807) is 0 Å². The average molecular weight is 254 g/mol. The number of hydrogen-bond donors (Lipinski definition) is 0.